The number of aromatic nitrogens is 3. The minimum absolute atomic E-state index is 0.828. The maximum absolute atomic E-state index is 4.54. The molecule has 1 aliphatic rings. The molecule has 0 atom stereocenters. The number of H-pyrrole nitrogens is 1. The summed E-state index contributed by atoms with van der Waals surface area (Å²) in [5.41, 5.74) is 1.92. The van der Waals surface area contributed by atoms with E-state index in [1.807, 2.05) is 12.1 Å². The highest BCUT2D eigenvalue weighted by Crippen LogP contribution is 2.26. The lowest BCUT2D eigenvalue weighted by atomic mass is 9.87. The number of fused-ring (bicyclic) bond motifs is 1. The number of aromatic amines is 1. The molecule has 16 heavy (non-hydrogen) atoms. The summed E-state index contributed by atoms with van der Waals surface area (Å²) in [6.45, 7) is 0. The fraction of sp³-hybridized carbons (Fsp3) is 0.538. The molecule has 3 nitrogen and oxygen atoms in total. The molecule has 3 rings (SSSR count). The molecule has 0 aliphatic heterocycles. The maximum atomic E-state index is 4.54. The van der Waals surface area contributed by atoms with E-state index in [0.29, 0.717) is 0 Å². The van der Waals surface area contributed by atoms with E-state index in [9.17, 15) is 0 Å². The van der Waals surface area contributed by atoms with E-state index in [1.165, 1.54) is 32.1 Å². The van der Waals surface area contributed by atoms with Crippen molar-refractivity contribution in [2.75, 3.05) is 0 Å². The second-order valence-corrected chi connectivity index (χ2v) is 4.77. The highest BCUT2D eigenvalue weighted by Gasteiger charge is 2.15. The lowest BCUT2D eigenvalue weighted by Gasteiger charge is -2.20. The van der Waals surface area contributed by atoms with Gasteiger partial charge in [0.1, 0.15) is 5.82 Å². The van der Waals surface area contributed by atoms with Crippen LogP contribution in [0.5, 0.6) is 0 Å². The van der Waals surface area contributed by atoms with Gasteiger partial charge in [-0.1, -0.05) is 32.1 Å². The van der Waals surface area contributed by atoms with Gasteiger partial charge in [-0.2, -0.15) is 0 Å². The molecular formula is C13H17N3. The van der Waals surface area contributed by atoms with Gasteiger partial charge in [-0.05, 0) is 18.1 Å². The molecule has 0 amide bonds. The van der Waals surface area contributed by atoms with Crippen LogP contribution < -0.4 is 0 Å². The van der Waals surface area contributed by atoms with Gasteiger partial charge >= 0.3 is 0 Å². The Balaban J connectivity index is 1.78. The molecule has 0 saturated heterocycles. The first-order valence-electron chi connectivity index (χ1n) is 6.21. The van der Waals surface area contributed by atoms with E-state index in [-0.39, 0.29) is 0 Å². The fourth-order valence-corrected chi connectivity index (χ4v) is 2.66. The molecule has 0 bridgehead atoms. The summed E-state index contributed by atoms with van der Waals surface area (Å²) in [6, 6.07) is 3.99. The summed E-state index contributed by atoms with van der Waals surface area (Å²) < 4.78 is 0. The first-order chi connectivity index (χ1) is 7.92. The highest BCUT2D eigenvalue weighted by atomic mass is 15.0. The maximum Gasteiger partial charge on any atom is 0.177 e. The Bertz CT molecular complexity index is 436. The number of rotatable bonds is 2. The fourth-order valence-electron chi connectivity index (χ4n) is 2.66. The van der Waals surface area contributed by atoms with Gasteiger partial charge < -0.3 is 4.98 Å². The number of imidazole rings is 1. The number of pyridine rings is 1. The van der Waals surface area contributed by atoms with Gasteiger partial charge in [-0.15, -0.1) is 0 Å². The van der Waals surface area contributed by atoms with Crippen molar-refractivity contribution in [1.82, 2.24) is 15.0 Å². The average Bonchev–Trinajstić information content (AvgIpc) is 2.72. The minimum atomic E-state index is 0.828. The van der Waals surface area contributed by atoms with Crippen molar-refractivity contribution in [2.24, 2.45) is 5.92 Å². The van der Waals surface area contributed by atoms with Crippen LogP contribution in [0.25, 0.3) is 11.2 Å². The third-order valence-corrected chi connectivity index (χ3v) is 3.51. The molecule has 84 valence electrons. The summed E-state index contributed by atoms with van der Waals surface area (Å²) >= 11 is 0. The molecule has 0 radical (unpaired) electrons. The summed E-state index contributed by atoms with van der Waals surface area (Å²) in [5, 5.41) is 0. The second kappa shape index (κ2) is 4.24. The van der Waals surface area contributed by atoms with Crippen molar-refractivity contribution < 1.29 is 0 Å². The predicted molar refractivity (Wildman–Crippen MR) is 64.2 cm³/mol. The Morgan fingerprint density at radius 1 is 1.25 bits per heavy atom. The van der Waals surface area contributed by atoms with Crippen molar-refractivity contribution in [1.29, 1.82) is 0 Å². The van der Waals surface area contributed by atoms with Gasteiger partial charge in [0.2, 0.25) is 0 Å². The van der Waals surface area contributed by atoms with Crippen molar-refractivity contribution in [2.45, 2.75) is 38.5 Å². The Morgan fingerprint density at radius 3 is 2.94 bits per heavy atom. The van der Waals surface area contributed by atoms with Gasteiger partial charge in [0, 0.05) is 12.6 Å². The summed E-state index contributed by atoms with van der Waals surface area (Å²) in [7, 11) is 0. The zero-order valence-electron chi connectivity index (χ0n) is 9.45. The van der Waals surface area contributed by atoms with Crippen molar-refractivity contribution in [3.8, 4) is 0 Å². The van der Waals surface area contributed by atoms with Crippen LogP contribution in [0.3, 0.4) is 0 Å². The van der Waals surface area contributed by atoms with Crippen LogP contribution in [-0.4, -0.2) is 15.0 Å². The highest BCUT2D eigenvalue weighted by molar-refractivity contribution is 5.69. The molecule has 2 aromatic rings. The van der Waals surface area contributed by atoms with E-state index < -0.39 is 0 Å². The molecule has 0 spiro atoms. The molecule has 0 unspecified atom stereocenters. The largest absolute Gasteiger partial charge is 0.341 e. The SMILES string of the molecule is c1cnc2nc(CC3CCCCC3)[nH]c2c1. The van der Waals surface area contributed by atoms with Crippen LogP contribution in [0.4, 0.5) is 0 Å². The Labute approximate surface area is 95.3 Å². The van der Waals surface area contributed by atoms with Gasteiger partial charge in [0.25, 0.3) is 0 Å². The number of nitrogens with zero attached hydrogens (tertiary/aromatic N) is 2. The van der Waals surface area contributed by atoms with E-state index in [2.05, 4.69) is 15.0 Å². The Morgan fingerprint density at radius 2 is 2.12 bits per heavy atom. The van der Waals surface area contributed by atoms with Crippen LogP contribution in [0.15, 0.2) is 18.3 Å². The van der Waals surface area contributed by atoms with Crippen molar-refractivity contribution >= 4 is 11.2 Å². The van der Waals surface area contributed by atoms with Crippen molar-refractivity contribution in [3.63, 3.8) is 0 Å². The third-order valence-electron chi connectivity index (χ3n) is 3.51. The van der Waals surface area contributed by atoms with Gasteiger partial charge in [-0.25, -0.2) is 9.97 Å². The summed E-state index contributed by atoms with van der Waals surface area (Å²) in [5.74, 6) is 1.94. The first kappa shape index (κ1) is 9.82. The minimum Gasteiger partial charge on any atom is -0.341 e. The molecular weight excluding hydrogens is 198 g/mol. The molecule has 2 aromatic heterocycles. The summed E-state index contributed by atoms with van der Waals surface area (Å²) in [6.07, 6.45) is 9.82. The van der Waals surface area contributed by atoms with Crippen LogP contribution in [0.1, 0.15) is 37.9 Å². The topological polar surface area (TPSA) is 41.6 Å². The molecule has 1 N–H and O–H groups in total. The lowest BCUT2D eigenvalue weighted by Crippen LogP contribution is -2.10. The molecule has 1 fully saturated rings. The smallest absolute Gasteiger partial charge is 0.177 e. The zero-order valence-corrected chi connectivity index (χ0v) is 9.45. The van der Waals surface area contributed by atoms with E-state index >= 15 is 0 Å². The molecule has 0 aromatic carbocycles. The number of hydrogen-bond acceptors (Lipinski definition) is 2. The van der Waals surface area contributed by atoms with E-state index in [0.717, 1.165) is 29.3 Å². The van der Waals surface area contributed by atoms with Gasteiger partial charge in [0.15, 0.2) is 5.65 Å². The normalized spacial score (nSPS) is 18.0. The Hall–Kier alpha value is -1.38. The average molecular weight is 215 g/mol. The van der Waals surface area contributed by atoms with Crippen molar-refractivity contribution in [3.05, 3.63) is 24.2 Å². The molecule has 3 heteroatoms. The number of hydrogen-bond donors (Lipinski definition) is 1. The summed E-state index contributed by atoms with van der Waals surface area (Å²) in [4.78, 5) is 12.2. The van der Waals surface area contributed by atoms with E-state index in [4.69, 9.17) is 0 Å². The van der Waals surface area contributed by atoms with Crippen LogP contribution >= 0.6 is 0 Å². The van der Waals surface area contributed by atoms with Crippen LogP contribution in [0, 0.1) is 5.92 Å². The molecule has 1 saturated carbocycles. The third kappa shape index (κ3) is 1.94. The van der Waals surface area contributed by atoms with Crippen LogP contribution in [-0.2, 0) is 6.42 Å². The first-order valence-corrected chi connectivity index (χ1v) is 6.21. The zero-order chi connectivity index (χ0) is 10.8. The molecule has 2 heterocycles. The standard InChI is InChI=1S/C13H17N3/c1-2-5-10(6-3-1)9-12-15-11-7-4-8-14-13(11)16-12/h4,7-8,10H,1-3,5-6,9H2,(H,14,15,16). The predicted octanol–water partition coefficient (Wildman–Crippen LogP) is 3.08. The van der Waals surface area contributed by atoms with E-state index in [1.54, 1.807) is 6.20 Å². The number of nitrogens with one attached hydrogen (secondary N) is 1. The molecule has 1 aliphatic carbocycles. The lowest BCUT2D eigenvalue weighted by molar-refractivity contribution is 0.352. The Kier molecular flexibility index (Phi) is 2.60. The van der Waals surface area contributed by atoms with Gasteiger partial charge in [0.05, 0.1) is 5.52 Å². The van der Waals surface area contributed by atoms with Crippen LogP contribution in [0.2, 0.25) is 0 Å². The quantitative estimate of drug-likeness (QED) is 0.836. The second-order valence-electron chi connectivity index (χ2n) is 4.77. The van der Waals surface area contributed by atoms with Gasteiger partial charge in [-0.3, -0.25) is 0 Å². The monoisotopic (exact) mass is 215 g/mol.